The predicted molar refractivity (Wildman–Crippen MR) is 94.1 cm³/mol. The van der Waals surface area contributed by atoms with Gasteiger partial charge in [0.05, 0.1) is 0 Å². The molecule has 114 valence electrons. The molecule has 1 atom stereocenters. The maximum absolute atomic E-state index is 10.2. The van der Waals surface area contributed by atoms with E-state index in [2.05, 4.69) is 39.2 Å². The molecule has 0 spiro atoms. The van der Waals surface area contributed by atoms with E-state index in [1.54, 1.807) is 0 Å². The topological polar surface area (TPSA) is 20.2 Å². The number of hydrogen-bond acceptors (Lipinski definition) is 1. The van der Waals surface area contributed by atoms with Crippen molar-refractivity contribution in [3.05, 3.63) is 9.29 Å². The average molecular weight is 412 g/mol. The van der Waals surface area contributed by atoms with E-state index >= 15 is 0 Å². The van der Waals surface area contributed by atoms with Crippen LogP contribution in [0.3, 0.4) is 0 Å². The Morgan fingerprint density at radius 3 is 1.84 bits per heavy atom. The zero-order chi connectivity index (χ0) is 15.1. The number of unbranched alkanes of at least 4 members (excludes halogenated alkanes) is 2. The molecule has 0 amide bonds. The van der Waals surface area contributed by atoms with Gasteiger partial charge in [-0.25, -0.2) is 0 Å². The number of rotatable bonds is 9. The van der Waals surface area contributed by atoms with E-state index in [9.17, 15) is 5.11 Å². The van der Waals surface area contributed by atoms with E-state index in [1.807, 2.05) is 6.92 Å². The van der Waals surface area contributed by atoms with Gasteiger partial charge in [-0.2, -0.15) is 0 Å². The summed E-state index contributed by atoms with van der Waals surface area (Å²) < 4.78 is 3.67. The van der Waals surface area contributed by atoms with E-state index in [-0.39, 0.29) is 6.10 Å². The molecule has 0 saturated carbocycles. The van der Waals surface area contributed by atoms with Crippen LogP contribution in [0.5, 0.6) is 0 Å². The molecule has 0 radical (unpaired) electrons. The molecule has 19 heavy (non-hydrogen) atoms. The van der Waals surface area contributed by atoms with Gasteiger partial charge in [-0.15, -0.1) is 0 Å². The van der Waals surface area contributed by atoms with Crippen molar-refractivity contribution in [2.24, 2.45) is 0 Å². The molecular formula is C15H33ClOSiSn. The van der Waals surface area contributed by atoms with Crippen molar-refractivity contribution in [2.45, 2.75) is 81.1 Å². The first-order chi connectivity index (χ1) is 8.66. The monoisotopic (exact) mass is 412 g/mol. The summed E-state index contributed by atoms with van der Waals surface area (Å²) in [6.07, 6.45) is 4.52. The Bertz CT molecular complexity index is 276. The Morgan fingerprint density at radius 2 is 1.58 bits per heavy atom. The Morgan fingerprint density at radius 1 is 1.16 bits per heavy atom. The summed E-state index contributed by atoms with van der Waals surface area (Å²) >= 11 is -2.82. The van der Waals surface area contributed by atoms with Crippen molar-refractivity contribution < 1.29 is 5.11 Å². The van der Waals surface area contributed by atoms with Crippen LogP contribution in [0.25, 0.3) is 0 Å². The van der Waals surface area contributed by atoms with Crippen LogP contribution in [0.1, 0.15) is 46.5 Å². The van der Waals surface area contributed by atoms with Crippen LogP contribution in [0.15, 0.2) is 9.29 Å². The SMILES string of the molecule is CCC[CH2][Sn]([Cl])([CH2]CCC)/[C](=C/[Si](C)(C)C)C(C)O. The molecule has 0 rings (SSSR count). The van der Waals surface area contributed by atoms with Gasteiger partial charge in [0.2, 0.25) is 0 Å². The number of hydrogen-bond donors (Lipinski definition) is 1. The van der Waals surface area contributed by atoms with Crippen molar-refractivity contribution in [3.8, 4) is 0 Å². The van der Waals surface area contributed by atoms with Gasteiger partial charge >= 0.3 is 130 Å². The van der Waals surface area contributed by atoms with Gasteiger partial charge in [0.1, 0.15) is 0 Å². The van der Waals surface area contributed by atoms with E-state index in [4.69, 9.17) is 8.92 Å². The van der Waals surface area contributed by atoms with Gasteiger partial charge in [0.25, 0.3) is 0 Å². The first kappa shape index (κ1) is 20.0. The molecule has 0 aliphatic heterocycles. The summed E-state index contributed by atoms with van der Waals surface area (Å²) in [5, 5.41) is 10.2. The molecule has 0 aromatic heterocycles. The molecule has 0 saturated heterocycles. The van der Waals surface area contributed by atoms with Crippen LogP contribution in [-0.4, -0.2) is 36.5 Å². The first-order valence-corrected chi connectivity index (χ1v) is 20.4. The van der Waals surface area contributed by atoms with Crippen LogP contribution in [0.4, 0.5) is 0 Å². The summed E-state index contributed by atoms with van der Waals surface area (Å²) in [6.45, 7) is 13.4. The van der Waals surface area contributed by atoms with Crippen molar-refractivity contribution in [2.75, 3.05) is 0 Å². The Hall–Kier alpha value is 1.01. The van der Waals surface area contributed by atoms with Crippen LogP contribution in [0, 0.1) is 0 Å². The van der Waals surface area contributed by atoms with Crippen LogP contribution < -0.4 is 0 Å². The summed E-state index contributed by atoms with van der Waals surface area (Å²) in [5.41, 5.74) is 2.41. The molecular weight excluding hydrogens is 378 g/mol. The zero-order valence-corrected chi connectivity index (χ0v) is 18.3. The van der Waals surface area contributed by atoms with Gasteiger partial charge in [-0.05, 0) is 0 Å². The van der Waals surface area contributed by atoms with Crippen LogP contribution >= 0.6 is 8.92 Å². The molecule has 0 aliphatic carbocycles. The molecule has 0 bridgehead atoms. The summed E-state index contributed by atoms with van der Waals surface area (Å²) in [5.74, 6) is 0. The molecule has 0 aromatic carbocycles. The fraction of sp³-hybridized carbons (Fsp3) is 0.867. The van der Waals surface area contributed by atoms with E-state index in [0.717, 1.165) is 0 Å². The first-order valence-electron chi connectivity index (χ1n) is 7.76. The van der Waals surface area contributed by atoms with Crippen LogP contribution in [-0.2, 0) is 0 Å². The van der Waals surface area contributed by atoms with Crippen LogP contribution in [0.2, 0.25) is 28.5 Å². The van der Waals surface area contributed by atoms with Gasteiger partial charge in [0.15, 0.2) is 0 Å². The summed E-state index contributed by atoms with van der Waals surface area (Å²) in [4.78, 5) is 0. The normalized spacial score (nSPS) is 15.7. The van der Waals surface area contributed by atoms with E-state index in [1.165, 1.54) is 38.1 Å². The van der Waals surface area contributed by atoms with E-state index < -0.39 is 25.3 Å². The molecule has 1 N–H and O–H groups in total. The molecule has 1 unspecified atom stereocenters. The number of halogens is 1. The zero-order valence-electron chi connectivity index (χ0n) is 13.7. The van der Waals surface area contributed by atoms with Gasteiger partial charge in [-0.1, -0.05) is 0 Å². The fourth-order valence-electron chi connectivity index (χ4n) is 2.42. The minimum absolute atomic E-state index is 0.339. The van der Waals surface area contributed by atoms with Crippen molar-refractivity contribution in [3.63, 3.8) is 0 Å². The van der Waals surface area contributed by atoms with Gasteiger partial charge < -0.3 is 0 Å². The molecule has 1 nitrogen and oxygen atoms in total. The number of aliphatic hydroxyl groups is 1. The van der Waals surface area contributed by atoms with Crippen molar-refractivity contribution in [1.29, 1.82) is 0 Å². The predicted octanol–water partition coefficient (Wildman–Crippen LogP) is 5.49. The van der Waals surface area contributed by atoms with Gasteiger partial charge in [-0.3, -0.25) is 0 Å². The van der Waals surface area contributed by atoms with Gasteiger partial charge in [0, 0.05) is 0 Å². The second kappa shape index (κ2) is 9.11. The minimum atomic E-state index is -2.82. The Labute approximate surface area is 129 Å². The summed E-state index contributed by atoms with van der Waals surface area (Å²) in [7, 11) is 5.84. The Balaban J connectivity index is 5.30. The second-order valence-corrected chi connectivity index (χ2v) is 26.7. The maximum atomic E-state index is 10.2. The van der Waals surface area contributed by atoms with Crippen molar-refractivity contribution >= 4 is 34.2 Å². The molecule has 0 aromatic rings. The van der Waals surface area contributed by atoms with E-state index in [0.29, 0.717) is 0 Å². The Kier molecular flexibility index (Phi) is 9.59. The third-order valence-corrected chi connectivity index (χ3v) is 20.5. The average Bonchev–Trinajstić information content (AvgIpc) is 2.29. The second-order valence-electron chi connectivity index (χ2n) is 6.81. The molecule has 0 fully saturated rings. The third-order valence-electron chi connectivity index (χ3n) is 3.41. The third kappa shape index (κ3) is 8.13. The molecule has 0 aliphatic rings. The molecule has 4 heteroatoms. The fourth-order valence-corrected chi connectivity index (χ4v) is 23.4. The van der Waals surface area contributed by atoms with Crippen molar-refractivity contribution in [1.82, 2.24) is 0 Å². The quantitative estimate of drug-likeness (QED) is 0.497. The number of aliphatic hydroxyl groups excluding tert-OH is 1. The standard InChI is InChI=1S/C7H15OSi.2C4H9.ClH.Sn/c1-7(8)5-6-9(2,3)4;2*1-3-4-2;;/h6-8H,1-4H3;2*1,3-4H2,2H3;1H;/q;;;;+1/p-1. The summed E-state index contributed by atoms with van der Waals surface area (Å²) in [6, 6.07) is 0. The molecule has 0 heterocycles.